The molecule has 1 aliphatic carbocycles. The molecule has 1 saturated carbocycles. The summed E-state index contributed by atoms with van der Waals surface area (Å²) in [5.41, 5.74) is 4.17. The Morgan fingerprint density at radius 2 is 1.97 bits per heavy atom. The molecule has 1 saturated heterocycles. The molecular weight excluding hydrogens is 444 g/mol. The maximum atomic E-state index is 13.6. The minimum atomic E-state index is -0.337. The maximum absolute atomic E-state index is 13.6. The molecule has 3 aliphatic rings. The van der Waals surface area contributed by atoms with Crippen molar-refractivity contribution in [3.8, 4) is 17.2 Å². The van der Waals surface area contributed by atoms with Crippen LogP contribution in [-0.4, -0.2) is 39.3 Å². The number of carbonyl (C=O) groups is 1. The minimum Gasteiger partial charge on any atom is -0.508 e. The van der Waals surface area contributed by atoms with E-state index in [1.165, 1.54) is 12.1 Å². The van der Waals surface area contributed by atoms with Gasteiger partial charge in [0.1, 0.15) is 29.4 Å². The van der Waals surface area contributed by atoms with Gasteiger partial charge in [-0.3, -0.25) is 4.79 Å². The third-order valence-electron chi connectivity index (χ3n) is 7.35. The second kappa shape index (κ2) is 8.50. The Bertz CT molecular complexity index is 1270. The molecule has 3 aromatic rings. The summed E-state index contributed by atoms with van der Waals surface area (Å²) in [5.74, 6) is -0.641. The molecule has 2 bridgehead atoms. The number of nitrogens with zero attached hydrogens (tertiary/aromatic N) is 1. The number of anilines is 1. The molecule has 2 aliphatic heterocycles. The first kappa shape index (κ1) is 21.8. The van der Waals surface area contributed by atoms with Crippen molar-refractivity contribution >= 4 is 11.6 Å². The first-order chi connectivity index (χ1) is 17.0. The van der Waals surface area contributed by atoms with Gasteiger partial charge in [-0.05, 0) is 42.0 Å². The van der Waals surface area contributed by atoms with Gasteiger partial charge in [0.2, 0.25) is 0 Å². The summed E-state index contributed by atoms with van der Waals surface area (Å²) in [6.45, 7) is 1.79. The average Bonchev–Trinajstić information content (AvgIpc) is 3.57. The monoisotopic (exact) mass is 472 g/mol. The summed E-state index contributed by atoms with van der Waals surface area (Å²) in [5, 5.41) is 24.4. The molecule has 180 valence electrons. The summed E-state index contributed by atoms with van der Waals surface area (Å²) >= 11 is 0. The van der Waals surface area contributed by atoms with Crippen LogP contribution in [0.15, 0.2) is 60.7 Å². The van der Waals surface area contributed by atoms with E-state index < -0.39 is 0 Å². The van der Waals surface area contributed by atoms with Gasteiger partial charge in [-0.25, -0.2) is 0 Å². The summed E-state index contributed by atoms with van der Waals surface area (Å²) in [6.07, 6.45) is 3.54. The van der Waals surface area contributed by atoms with Crippen molar-refractivity contribution in [1.29, 1.82) is 0 Å². The quantitative estimate of drug-likeness (QED) is 0.487. The number of aromatic hydroxyl groups is 2. The number of benzene rings is 3. The van der Waals surface area contributed by atoms with Crippen molar-refractivity contribution in [3.63, 3.8) is 0 Å². The molecular formula is C28H28N2O5. The zero-order valence-electron chi connectivity index (χ0n) is 19.4. The number of amides is 1. The van der Waals surface area contributed by atoms with Gasteiger partial charge in [0.15, 0.2) is 0 Å². The normalized spacial score (nSPS) is 22.3. The number of ether oxygens (including phenoxy) is 2. The molecule has 2 unspecified atom stereocenters. The third kappa shape index (κ3) is 4.06. The van der Waals surface area contributed by atoms with Crippen LogP contribution in [0, 0.1) is 0 Å². The van der Waals surface area contributed by atoms with E-state index in [1.54, 1.807) is 4.90 Å². The number of hydrogen-bond donors (Lipinski definition) is 3. The van der Waals surface area contributed by atoms with Crippen molar-refractivity contribution in [1.82, 2.24) is 4.90 Å². The van der Waals surface area contributed by atoms with Crippen LogP contribution in [-0.2, 0) is 24.4 Å². The second-order valence-electron chi connectivity index (χ2n) is 9.80. The van der Waals surface area contributed by atoms with Gasteiger partial charge in [0, 0.05) is 30.9 Å². The lowest BCUT2D eigenvalue weighted by Crippen LogP contribution is -2.37. The zero-order chi connectivity index (χ0) is 24.0. The standard InChI is InChI=1S/C28H28N2O5/c31-20-11-24(32)26(25(12-20)34-16-18-5-2-1-3-6-18)27(33)30-14-19-7-4-8-23(22(19)15-30)29-28-10-9-21(13-28)35-17-28/h1-8,11-12,21,29,31-32H,9-10,13-17H2. The Balaban J connectivity index is 1.24. The first-order valence-corrected chi connectivity index (χ1v) is 12.0. The number of rotatable bonds is 6. The molecule has 7 heteroatoms. The molecule has 7 nitrogen and oxygen atoms in total. The van der Waals surface area contributed by atoms with Crippen LogP contribution in [0.5, 0.6) is 17.2 Å². The lowest BCUT2D eigenvalue weighted by atomic mass is 9.98. The van der Waals surface area contributed by atoms with Crippen LogP contribution < -0.4 is 10.1 Å². The smallest absolute Gasteiger partial charge is 0.262 e. The van der Waals surface area contributed by atoms with E-state index in [-0.39, 0.29) is 40.9 Å². The van der Waals surface area contributed by atoms with Gasteiger partial charge in [-0.15, -0.1) is 0 Å². The number of phenolic OH excluding ortho intramolecular Hbond substituents is 2. The molecule has 2 fully saturated rings. The highest BCUT2D eigenvalue weighted by atomic mass is 16.5. The van der Waals surface area contributed by atoms with Gasteiger partial charge in [0.05, 0.1) is 18.2 Å². The van der Waals surface area contributed by atoms with E-state index in [0.717, 1.165) is 41.6 Å². The van der Waals surface area contributed by atoms with Crippen molar-refractivity contribution in [2.45, 2.75) is 50.6 Å². The van der Waals surface area contributed by atoms with Crippen LogP contribution in [0.3, 0.4) is 0 Å². The number of fused-ring (bicyclic) bond motifs is 3. The van der Waals surface area contributed by atoms with Crippen molar-refractivity contribution < 1.29 is 24.5 Å². The molecule has 6 rings (SSSR count). The molecule has 0 spiro atoms. The van der Waals surface area contributed by atoms with E-state index >= 15 is 0 Å². The minimum absolute atomic E-state index is 0.0229. The molecule has 1 amide bonds. The van der Waals surface area contributed by atoms with Gasteiger partial charge < -0.3 is 29.9 Å². The van der Waals surface area contributed by atoms with Crippen LogP contribution in [0.4, 0.5) is 5.69 Å². The molecule has 0 aromatic heterocycles. The topological polar surface area (TPSA) is 91.3 Å². The highest BCUT2D eigenvalue weighted by Gasteiger charge is 2.46. The highest BCUT2D eigenvalue weighted by molar-refractivity contribution is 6.00. The average molecular weight is 473 g/mol. The Labute approximate surface area is 203 Å². The lowest BCUT2D eigenvalue weighted by Gasteiger charge is -2.29. The zero-order valence-corrected chi connectivity index (χ0v) is 19.4. The van der Waals surface area contributed by atoms with Gasteiger partial charge in [-0.1, -0.05) is 42.5 Å². The van der Waals surface area contributed by atoms with Gasteiger partial charge in [-0.2, -0.15) is 0 Å². The summed E-state index contributed by atoms with van der Waals surface area (Å²) in [4.78, 5) is 15.3. The molecule has 35 heavy (non-hydrogen) atoms. The fourth-order valence-electron chi connectivity index (χ4n) is 5.55. The van der Waals surface area contributed by atoms with Crippen LogP contribution in [0.1, 0.15) is 46.3 Å². The fourth-order valence-corrected chi connectivity index (χ4v) is 5.55. The second-order valence-corrected chi connectivity index (χ2v) is 9.80. The van der Waals surface area contributed by atoms with Crippen LogP contribution >= 0.6 is 0 Å². The van der Waals surface area contributed by atoms with E-state index in [9.17, 15) is 15.0 Å². The van der Waals surface area contributed by atoms with Crippen LogP contribution in [0.25, 0.3) is 0 Å². The fraction of sp³-hybridized carbons (Fsp3) is 0.321. The highest BCUT2D eigenvalue weighted by Crippen LogP contribution is 2.43. The number of phenols is 2. The number of nitrogens with one attached hydrogen (secondary N) is 1. The van der Waals surface area contributed by atoms with Gasteiger partial charge in [0.25, 0.3) is 5.91 Å². The maximum Gasteiger partial charge on any atom is 0.262 e. The Hall–Kier alpha value is -3.71. The van der Waals surface area contributed by atoms with E-state index in [0.29, 0.717) is 25.8 Å². The SMILES string of the molecule is O=C(c1c(O)cc(O)cc1OCc1ccccc1)N1Cc2cccc(NC34CCC(C3)OC4)c2C1. The predicted molar refractivity (Wildman–Crippen MR) is 131 cm³/mol. The van der Waals surface area contributed by atoms with Crippen LogP contribution in [0.2, 0.25) is 0 Å². The molecule has 2 heterocycles. The molecule has 3 N–H and O–H groups in total. The van der Waals surface area contributed by atoms with Crippen molar-refractivity contribution in [2.75, 3.05) is 11.9 Å². The Morgan fingerprint density at radius 3 is 2.71 bits per heavy atom. The summed E-state index contributed by atoms with van der Waals surface area (Å²) < 4.78 is 11.8. The summed E-state index contributed by atoms with van der Waals surface area (Å²) in [7, 11) is 0. The molecule has 2 atom stereocenters. The summed E-state index contributed by atoms with van der Waals surface area (Å²) in [6, 6.07) is 18.2. The van der Waals surface area contributed by atoms with E-state index in [1.807, 2.05) is 42.5 Å². The van der Waals surface area contributed by atoms with Crippen molar-refractivity contribution in [3.05, 3.63) is 82.9 Å². The molecule has 3 aromatic carbocycles. The predicted octanol–water partition coefficient (Wildman–Crippen LogP) is 4.57. The van der Waals surface area contributed by atoms with Crippen molar-refractivity contribution in [2.24, 2.45) is 0 Å². The Kier molecular flexibility index (Phi) is 5.29. The first-order valence-electron chi connectivity index (χ1n) is 12.0. The number of hydrogen-bond acceptors (Lipinski definition) is 6. The number of carbonyl (C=O) groups excluding carboxylic acids is 1. The van der Waals surface area contributed by atoms with E-state index in [2.05, 4.69) is 11.4 Å². The van der Waals surface area contributed by atoms with E-state index in [4.69, 9.17) is 9.47 Å². The van der Waals surface area contributed by atoms with Gasteiger partial charge >= 0.3 is 0 Å². The Morgan fingerprint density at radius 1 is 1.11 bits per heavy atom. The lowest BCUT2D eigenvalue weighted by molar-refractivity contribution is 0.0737. The molecule has 0 radical (unpaired) electrons. The third-order valence-corrected chi connectivity index (χ3v) is 7.35. The largest absolute Gasteiger partial charge is 0.508 e.